The molecular formula is C21H25NO7S. The van der Waals surface area contributed by atoms with Gasteiger partial charge in [-0.2, -0.15) is 8.42 Å². The predicted molar refractivity (Wildman–Crippen MR) is 110 cm³/mol. The van der Waals surface area contributed by atoms with E-state index in [9.17, 15) is 18.0 Å². The van der Waals surface area contributed by atoms with Gasteiger partial charge in [-0.05, 0) is 57.0 Å². The molecule has 0 saturated heterocycles. The molecule has 0 aliphatic rings. The third kappa shape index (κ3) is 6.21. The minimum Gasteiger partial charge on any atom is -0.467 e. The summed E-state index contributed by atoms with van der Waals surface area (Å²) in [5, 5.41) is 2.45. The molecule has 0 saturated carbocycles. The van der Waals surface area contributed by atoms with Crippen molar-refractivity contribution < 1.29 is 31.7 Å². The zero-order valence-electron chi connectivity index (χ0n) is 17.5. The highest BCUT2D eigenvalue weighted by Crippen LogP contribution is 2.24. The van der Waals surface area contributed by atoms with E-state index >= 15 is 0 Å². The summed E-state index contributed by atoms with van der Waals surface area (Å²) in [6, 6.07) is 11.0. The van der Waals surface area contributed by atoms with Crippen LogP contribution in [0.4, 0.5) is 4.79 Å². The first-order valence-corrected chi connectivity index (χ1v) is 10.5. The highest BCUT2D eigenvalue weighted by molar-refractivity contribution is 7.87. The second kappa shape index (κ2) is 9.17. The molecule has 0 bridgehead atoms. The number of amides is 1. The van der Waals surface area contributed by atoms with Crippen molar-refractivity contribution in [3.63, 3.8) is 0 Å². The minimum absolute atomic E-state index is 0.0582. The number of ether oxygens (including phenoxy) is 2. The van der Waals surface area contributed by atoms with Crippen LogP contribution in [-0.2, 0) is 24.4 Å². The van der Waals surface area contributed by atoms with Gasteiger partial charge in [0.15, 0.2) is 6.04 Å². The third-order valence-corrected chi connectivity index (χ3v) is 5.29. The number of esters is 1. The lowest BCUT2D eigenvalue weighted by atomic mass is 10.1. The Kier molecular flexibility index (Phi) is 7.09. The molecule has 0 fully saturated rings. The van der Waals surface area contributed by atoms with Crippen molar-refractivity contribution in [3.8, 4) is 5.75 Å². The molecule has 0 aliphatic heterocycles. The first-order chi connectivity index (χ1) is 13.9. The van der Waals surface area contributed by atoms with Crippen molar-refractivity contribution in [3.05, 3.63) is 59.7 Å². The number of aryl methyl sites for hydroxylation is 1. The second-order valence-corrected chi connectivity index (χ2v) is 8.99. The lowest BCUT2D eigenvalue weighted by molar-refractivity contribution is -0.143. The normalized spacial score (nSPS) is 12.6. The Hall–Kier alpha value is -3.07. The van der Waals surface area contributed by atoms with E-state index in [-0.39, 0.29) is 10.6 Å². The van der Waals surface area contributed by atoms with Crippen molar-refractivity contribution >= 4 is 22.2 Å². The fourth-order valence-electron chi connectivity index (χ4n) is 2.55. The Bertz CT molecular complexity index is 1010. The number of hydrogen-bond donors (Lipinski definition) is 1. The summed E-state index contributed by atoms with van der Waals surface area (Å²) >= 11 is 0. The molecule has 1 N–H and O–H groups in total. The SMILES string of the molecule is COC(=O)C(NC(=O)OC(C)(C)C)c1ccc(OS(=O)(=O)c2ccccc2C)cc1. The van der Waals surface area contributed by atoms with Crippen LogP contribution in [0.3, 0.4) is 0 Å². The number of nitrogens with one attached hydrogen (secondary N) is 1. The molecule has 2 rings (SSSR count). The Morgan fingerprint density at radius 2 is 1.60 bits per heavy atom. The molecular weight excluding hydrogens is 410 g/mol. The number of hydrogen-bond acceptors (Lipinski definition) is 7. The Labute approximate surface area is 176 Å². The first kappa shape index (κ1) is 23.2. The molecule has 0 radical (unpaired) electrons. The number of carbonyl (C=O) groups is 2. The van der Waals surface area contributed by atoms with E-state index in [1.807, 2.05) is 0 Å². The topological polar surface area (TPSA) is 108 Å². The molecule has 162 valence electrons. The van der Waals surface area contributed by atoms with Crippen LogP contribution >= 0.6 is 0 Å². The van der Waals surface area contributed by atoms with Gasteiger partial charge in [0, 0.05) is 0 Å². The van der Waals surface area contributed by atoms with Crippen LogP contribution in [-0.4, -0.2) is 33.2 Å². The molecule has 1 unspecified atom stereocenters. The van der Waals surface area contributed by atoms with Crippen molar-refractivity contribution in [2.45, 2.75) is 44.2 Å². The van der Waals surface area contributed by atoms with Gasteiger partial charge in [-0.15, -0.1) is 0 Å². The lowest BCUT2D eigenvalue weighted by Gasteiger charge is -2.22. The minimum atomic E-state index is -4.02. The first-order valence-electron chi connectivity index (χ1n) is 9.10. The number of methoxy groups -OCH3 is 1. The summed E-state index contributed by atoms with van der Waals surface area (Å²) in [6.45, 7) is 6.75. The van der Waals surface area contributed by atoms with Crippen LogP contribution < -0.4 is 9.50 Å². The van der Waals surface area contributed by atoms with Gasteiger partial charge in [0.05, 0.1) is 7.11 Å². The standard InChI is InChI=1S/C21H25NO7S/c1-14-8-6-7-9-17(14)30(25,26)29-16-12-10-15(11-13-16)18(19(23)27-5)22-20(24)28-21(2,3)4/h6-13,18H,1-5H3,(H,22,24). The van der Waals surface area contributed by atoms with Crippen LogP contribution in [0.15, 0.2) is 53.4 Å². The third-order valence-electron chi connectivity index (χ3n) is 3.88. The maximum atomic E-state index is 12.5. The van der Waals surface area contributed by atoms with E-state index in [0.29, 0.717) is 11.1 Å². The van der Waals surface area contributed by atoms with Gasteiger partial charge in [-0.25, -0.2) is 9.59 Å². The van der Waals surface area contributed by atoms with E-state index < -0.39 is 33.8 Å². The maximum Gasteiger partial charge on any atom is 0.408 e. The summed E-state index contributed by atoms with van der Waals surface area (Å²) in [7, 11) is -2.83. The quantitative estimate of drug-likeness (QED) is 0.546. The summed E-state index contributed by atoms with van der Waals surface area (Å²) in [6.07, 6.45) is -0.791. The Balaban J connectivity index is 2.21. The molecule has 2 aromatic rings. The predicted octanol–water partition coefficient (Wildman–Crippen LogP) is 3.50. The summed E-state index contributed by atoms with van der Waals surface area (Å²) in [4.78, 5) is 24.3. The van der Waals surface area contributed by atoms with Crippen molar-refractivity contribution in [1.82, 2.24) is 5.32 Å². The van der Waals surface area contributed by atoms with Crippen LogP contribution in [0.5, 0.6) is 5.75 Å². The maximum absolute atomic E-state index is 12.5. The molecule has 0 aliphatic carbocycles. The van der Waals surface area contributed by atoms with Gasteiger partial charge in [-0.1, -0.05) is 30.3 Å². The molecule has 1 amide bonds. The fourth-order valence-corrected chi connectivity index (χ4v) is 3.71. The zero-order valence-corrected chi connectivity index (χ0v) is 18.3. The van der Waals surface area contributed by atoms with Gasteiger partial charge in [0.2, 0.25) is 0 Å². The van der Waals surface area contributed by atoms with Crippen molar-refractivity contribution in [2.24, 2.45) is 0 Å². The molecule has 0 heterocycles. The smallest absolute Gasteiger partial charge is 0.408 e. The fraction of sp³-hybridized carbons (Fsp3) is 0.333. The number of benzene rings is 2. The van der Waals surface area contributed by atoms with Gasteiger partial charge < -0.3 is 19.0 Å². The van der Waals surface area contributed by atoms with Gasteiger partial charge >= 0.3 is 22.2 Å². The molecule has 0 spiro atoms. The number of carbonyl (C=O) groups excluding carboxylic acids is 2. The molecule has 9 heteroatoms. The van der Waals surface area contributed by atoms with E-state index in [0.717, 1.165) is 0 Å². The van der Waals surface area contributed by atoms with Crippen LogP contribution in [0.25, 0.3) is 0 Å². The largest absolute Gasteiger partial charge is 0.467 e. The molecule has 1 atom stereocenters. The summed E-state index contributed by atoms with van der Waals surface area (Å²) < 4.78 is 40.1. The van der Waals surface area contributed by atoms with E-state index in [4.69, 9.17) is 13.7 Å². The highest BCUT2D eigenvalue weighted by atomic mass is 32.2. The zero-order chi connectivity index (χ0) is 22.5. The van der Waals surface area contributed by atoms with Crippen molar-refractivity contribution in [2.75, 3.05) is 7.11 Å². The van der Waals surface area contributed by atoms with E-state index in [1.165, 1.54) is 37.4 Å². The van der Waals surface area contributed by atoms with Crippen LogP contribution in [0.2, 0.25) is 0 Å². The number of rotatable bonds is 6. The van der Waals surface area contributed by atoms with Crippen molar-refractivity contribution in [1.29, 1.82) is 0 Å². The van der Waals surface area contributed by atoms with Gasteiger partial charge in [-0.3, -0.25) is 0 Å². The summed E-state index contributed by atoms with van der Waals surface area (Å²) in [5.41, 5.74) is 0.182. The van der Waals surface area contributed by atoms with E-state index in [2.05, 4.69) is 5.32 Å². The van der Waals surface area contributed by atoms with Crippen LogP contribution in [0.1, 0.15) is 37.9 Å². The highest BCUT2D eigenvalue weighted by Gasteiger charge is 2.27. The Morgan fingerprint density at radius 1 is 1.00 bits per heavy atom. The molecule has 30 heavy (non-hydrogen) atoms. The Morgan fingerprint density at radius 3 is 2.13 bits per heavy atom. The molecule has 0 aromatic heterocycles. The van der Waals surface area contributed by atoms with Gasteiger partial charge in [0.25, 0.3) is 0 Å². The lowest BCUT2D eigenvalue weighted by Crippen LogP contribution is -2.38. The number of alkyl carbamates (subject to hydrolysis) is 1. The summed E-state index contributed by atoms with van der Waals surface area (Å²) in [5.74, 6) is -0.648. The molecule has 8 nitrogen and oxygen atoms in total. The molecule has 2 aromatic carbocycles. The van der Waals surface area contributed by atoms with E-state index in [1.54, 1.807) is 45.9 Å². The van der Waals surface area contributed by atoms with Gasteiger partial charge in [0.1, 0.15) is 16.2 Å². The van der Waals surface area contributed by atoms with Crippen LogP contribution in [0, 0.1) is 6.92 Å². The average Bonchev–Trinajstić information content (AvgIpc) is 2.65. The average molecular weight is 435 g/mol. The second-order valence-electron chi connectivity index (χ2n) is 7.47. The monoisotopic (exact) mass is 435 g/mol.